The Morgan fingerprint density at radius 2 is 2.07 bits per heavy atom. The summed E-state index contributed by atoms with van der Waals surface area (Å²) in [5.41, 5.74) is 0.418. The van der Waals surface area contributed by atoms with E-state index < -0.39 is 5.97 Å². The second-order valence-electron chi connectivity index (χ2n) is 3.04. The number of carboxylic acid groups (broad SMARTS) is 1. The molecule has 76 valence electrons. The van der Waals surface area contributed by atoms with Gasteiger partial charge < -0.3 is 10.1 Å². The molecule has 0 aliphatic carbocycles. The van der Waals surface area contributed by atoms with Gasteiger partial charge in [0.05, 0.1) is 11.1 Å². The van der Waals surface area contributed by atoms with Crippen LogP contribution in [0, 0.1) is 0 Å². The zero-order valence-corrected chi connectivity index (χ0v) is 9.04. The average molecular weight is 268 g/mol. The Bertz CT molecular complexity index is 603. The molecule has 2 aromatic rings. The predicted molar refractivity (Wildman–Crippen MR) is 59.2 cm³/mol. The number of aromatic carboxylic acids is 1. The van der Waals surface area contributed by atoms with Gasteiger partial charge in [-0.1, -0.05) is 15.9 Å². The summed E-state index contributed by atoms with van der Waals surface area (Å²) in [6.07, 6.45) is 0. The second-order valence-corrected chi connectivity index (χ2v) is 3.96. The molecule has 0 aliphatic rings. The van der Waals surface area contributed by atoms with Crippen molar-refractivity contribution in [1.82, 2.24) is 4.98 Å². The molecule has 0 radical (unpaired) electrons. The number of fused-ring (bicyclic) bond motifs is 1. The molecule has 4 nitrogen and oxygen atoms in total. The SMILES string of the molecule is O=C(O)c1cc(Br)cc2[nH]c(=O)ccc12. The third-order valence-electron chi connectivity index (χ3n) is 2.03. The van der Waals surface area contributed by atoms with Crippen molar-refractivity contribution in [2.45, 2.75) is 0 Å². The van der Waals surface area contributed by atoms with Gasteiger partial charge in [-0.05, 0) is 18.2 Å². The molecule has 15 heavy (non-hydrogen) atoms. The third kappa shape index (κ3) is 1.78. The molecule has 1 heterocycles. The highest BCUT2D eigenvalue weighted by Crippen LogP contribution is 2.21. The number of pyridine rings is 1. The Kier molecular flexibility index (Phi) is 2.32. The fraction of sp³-hybridized carbons (Fsp3) is 0. The van der Waals surface area contributed by atoms with E-state index in [0.717, 1.165) is 0 Å². The summed E-state index contributed by atoms with van der Waals surface area (Å²) in [5, 5.41) is 9.48. The smallest absolute Gasteiger partial charge is 0.336 e. The van der Waals surface area contributed by atoms with Crippen molar-refractivity contribution in [2.24, 2.45) is 0 Å². The Morgan fingerprint density at radius 3 is 2.73 bits per heavy atom. The van der Waals surface area contributed by atoms with E-state index in [1.165, 1.54) is 18.2 Å². The van der Waals surface area contributed by atoms with Crippen LogP contribution < -0.4 is 5.56 Å². The van der Waals surface area contributed by atoms with Gasteiger partial charge in [0.15, 0.2) is 0 Å². The Morgan fingerprint density at radius 1 is 1.33 bits per heavy atom. The van der Waals surface area contributed by atoms with Gasteiger partial charge >= 0.3 is 5.97 Å². The van der Waals surface area contributed by atoms with E-state index in [0.29, 0.717) is 15.4 Å². The summed E-state index contributed by atoms with van der Waals surface area (Å²) < 4.78 is 0.620. The van der Waals surface area contributed by atoms with Crippen molar-refractivity contribution in [3.05, 3.63) is 44.7 Å². The fourth-order valence-electron chi connectivity index (χ4n) is 1.41. The van der Waals surface area contributed by atoms with Crippen LogP contribution in [0.15, 0.2) is 33.5 Å². The van der Waals surface area contributed by atoms with Crippen molar-refractivity contribution < 1.29 is 9.90 Å². The fourth-order valence-corrected chi connectivity index (χ4v) is 1.87. The van der Waals surface area contributed by atoms with Crippen molar-refractivity contribution in [2.75, 3.05) is 0 Å². The molecule has 2 N–H and O–H groups in total. The Labute approximate surface area is 92.7 Å². The normalized spacial score (nSPS) is 10.5. The molecule has 2 rings (SSSR count). The minimum absolute atomic E-state index is 0.163. The average Bonchev–Trinajstić information content (AvgIpc) is 2.15. The summed E-state index contributed by atoms with van der Waals surface area (Å²) in [5.74, 6) is -1.02. The van der Waals surface area contributed by atoms with Gasteiger partial charge in [-0.15, -0.1) is 0 Å². The second kappa shape index (κ2) is 3.51. The lowest BCUT2D eigenvalue weighted by Crippen LogP contribution is -2.05. The molecule has 5 heteroatoms. The first kappa shape index (κ1) is 9.92. The van der Waals surface area contributed by atoms with E-state index in [1.807, 2.05) is 0 Å². The molecule has 0 fully saturated rings. The van der Waals surface area contributed by atoms with Crippen molar-refractivity contribution in [3.63, 3.8) is 0 Å². The number of hydrogen-bond acceptors (Lipinski definition) is 2. The highest BCUT2D eigenvalue weighted by atomic mass is 79.9. The monoisotopic (exact) mass is 267 g/mol. The van der Waals surface area contributed by atoms with Crippen molar-refractivity contribution in [1.29, 1.82) is 0 Å². The zero-order chi connectivity index (χ0) is 11.0. The maximum Gasteiger partial charge on any atom is 0.336 e. The van der Waals surface area contributed by atoms with Crippen molar-refractivity contribution in [3.8, 4) is 0 Å². The topological polar surface area (TPSA) is 70.2 Å². The van der Waals surface area contributed by atoms with Crippen LogP contribution in [0.1, 0.15) is 10.4 Å². The number of carbonyl (C=O) groups is 1. The number of halogens is 1. The molecule has 0 bridgehead atoms. The summed E-state index contributed by atoms with van der Waals surface area (Å²) >= 11 is 3.19. The van der Waals surface area contributed by atoms with E-state index in [4.69, 9.17) is 5.11 Å². The number of benzene rings is 1. The van der Waals surface area contributed by atoms with Crippen LogP contribution in [0.5, 0.6) is 0 Å². The first-order chi connectivity index (χ1) is 7.08. The van der Waals surface area contributed by atoms with E-state index in [2.05, 4.69) is 20.9 Å². The first-order valence-corrected chi connectivity index (χ1v) is 4.93. The molecule has 0 saturated heterocycles. The van der Waals surface area contributed by atoms with E-state index >= 15 is 0 Å². The summed E-state index contributed by atoms with van der Waals surface area (Å²) in [6.45, 7) is 0. The van der Waals surface area contributed by atoms with Crippen LogP contribution in [0.4, 0.5) is 0 Å². The maximum absolute atomic E-state index is 11.1. The zero-order valence-electron chi connectivity index (χ0n) is 7.45. The first-order valence-electron chi connectivity index (χ1n) is 4.14. The standard InChI is InChI=1S/C10H6BrNO3/c11-5-3-7(10(14)15)6-1-2-9(13)12-8(6)4-5/h1-4H,(H,12,13)(H,14,15). The van der Waals surface area contributed by atoms with Gasteiger partial charge in [0.25, 0.3) is 0 Å². The van der Waals surface area contributed by atoms with Crippen LogP contribution in [0.25, 0.3) is 10.9 Å². The van der Waals surface area contributed by atoms with E-state index in [1.54, 1.807) is 6.07 Å². The van der Waals surface area contributed by atoms with Crippen LogP contribution in [-0.4, -0.2) is 16.1 Å². The summed E-state index contributed by atoms with van der Waals surface area (Å²) in [4.78, 5) is 24.6. The van der Waals surface area contributed by atoms with Gasteiger partial charge in [0, 0.05) is 15.9 Å². The number of carboxylic acids is 1. The number of H-pyrrole nitrogens is 1. The van der Waals surface area contributed by atoms with Crippen LogP contribution in [0.2, 0.25) is 0 Å². The Balaban J connectivity index is 2.92. The quantitative estimate of drug-likeness (QED) is 0.830. The number of aromatic nitrogens is 1. The third-order valence-corrected chi connectivity index (χ3v) is 2.49. The van der Waals surface area contributed by atoms with Gasteiger partial charge in [0.1, 0.15) is 0 Å². The molecule has 0 unspecified atom stereocenters. The number of nitrogens with one attached hydrogen (secondary N) is 1. The molecule has 0 saturated carbocycles. The van der Waals surface area contributed by atoms with Gasteiger partial charge in [-0.3, -0.25) is 4.79 Å². The predicted octanol–water partition coefficient (Wildman–Crippen LogP) is 1.99. The van der Waals surface area contributed by atoms with Gasteiger partial charge in [0.2, 0.25) is 5.56 Å². The lowest BCUT2D eigenvalue weighted by Gasteiger charge is -2.02. The lowest BCUT2D eigenvalue weighted by atomic mass is 10.1. The Hall–Kier alpha value is -1.62. The van der Waals surface area contributed by atoms with E-state index in [9.17, 15) is 9.59 Å². The molecule has 0 spiro atoms. The van der Waals surface area contributed by atoms with Gasteiger partial charge in [-0.25, -0.2) is 4.79 Å². The van der Waals surface area contributed by atoms with Crippen LogP contribution >= 0.6 is 15.9 Å². The van der Waals surface area contributed by atoms with Crippen LogP contribution in [-0.2, 0) is 0 Å². The molecular formula is C10H6BrNO3. The molecule has 1 aromatic carbocycles. The van der Waals surface area contributed by atoms with Gasteiger partial charge in [-0.2, -0.15) is 0 Å². The summed E-state index contributed by atoms with van der Waals surface area (Å²) in [6, 6.07) is 5.99. The molecule has 0 aliphatic heterocycles. The highest BCUT2D eigenvalue weighted by Gasteiger charge is 2.09. The maximum atomic E-state index is 11.1. The highest BCUT2D eigenvalue weighted by molar-refractivity contribution is 9.10. The molecule has 1 aromatic heterocycles. The summed E-state index contributed by atoms with van der Waals surface area (Å²) in [7, 11) is 0. The largest absolute Gasteiger partial charge is 0.478 e. The minimum atomic E-state index is -1.02. The number of rotatable bonds is 1. The molecule has 0 atom stereocenters. The van der Waals surface area contributed by atoms with E-state index in [-0.39, 0.29) is 11.1 Å². The molecular weight excluding hydrogens is 262 g/mol. The molecule has 0 amide bonds. The number of aromatic amines is 1. The van der Waals surface area contributed by atoms with Crippen LogP contribution in [0.3, 0.4) is 0 Å². The minimum Gasteiger partial charge on any atom is -0.478 e. The lowest BCUT2D eigenvalue weighted by molar-refractivity contribution is 0.0699. The van der Waals surface area contributed by atoms with Crippen molar-refractivity contribution >= 4 is 32.8 Å². The number of hydrogen-bond donors (Lipinski definition) is 2.